The van der Waals surface area contributed by atoms with Crippen LogP contribution in [0.1, 0.15) is 50.2 Å². The van der Waals surface area contributed by atoms with Crippen LogP contribution in [0.15, 0.2) is 29.3 Å². The van der Waals surface area contributed by atoms with Crippen LogP contribution in [0.25, 0.3) is 0 Å². The zero-order valence-corrected chi connectivity index (χ0v) is 16.5. The first kappa shape index (κ1) is 19.8. The van der Waals surface area contributed by atoms with Crippen molar-refractivity contribution in [3.8, 4) is 0 Å². The Bertz CT molecular complexity index is 532. The molecule has 1 heterocycles. The molecule has 1 aromatic rings. The van der Waals surface area contributed by atoms with Crippen molar-refractivity contribution < 1.29 is 0 Å². The van der Waals surface area contributed by atoms with E-state index in [1.165, 1.54) is 50.0 Å². The first-order chi connectivity index (χ1) is 12.1. The van der Waals surface area contributed by atoms with Crippen LogP contribution >= 0.6 is 0 Å². The lowest BCUT2D eigenvalue weighted by Crippen LogP contribution is -2.40. The topological polar surface area (TPSA) is 39.7 Å². The minimum Gasteiger partial charge on any atom is -0.356 e. The number of likely N-dealkylation sites (tertiary alicyclic amines) is 1. The van der Waals surface area contributed by atoms with Crippen molar-refractivity contribution >= 4 is 5.96 Å². The van der Waals surface area contributed by atoms with Gasteiger partial charge in [-0.15, -0.1) is 0 Å². The van der Waals surface area contributed by atoms with Gasteiger partial charge in [-0.3, -0.25) is 4.99 Å². The third kappa shape index (κ3) is 6.69. The number of piperidine rings is 1. The molecule has 2 rings (SSSR count). The third-order valence-electron chi connectivity index (χ3n) is 5.41. The fourth-order valence-electron chi connectivity index (χ4n) is 3.55. The van der Waals surface area contributed by atoms with E-state index in [0.29, 0.717) is 5.92 Å². The molecule has 140 valence electrons. The second-order valence-corrected chi connectivity index (χ2v) is 7.36. The van der Waals surface area contributed by atoms with Crippen molar-refractivity contribution in [2.75, 3.05) is 39.8 Å². The summed E-state index contributed by atoms with van der Waals surface area (Å²) in [4.78, 5) is 6.92. The second-order valence-electron chi connectivity index (χ2n) is 7.36. The Morgan fingerprint density at radius 1 is 1.28 bits per heavy atom. The minimum absolute atomic E-state index is 0.469. The number of nitrogens with zero attached hydrogens (tertiary/aromatic N) is 2. The molecular weight excluding hydrogens is 308 g/mol. The van der Waals surface area contributed by atoms with E-state index in [9.17, 15) is 0 Å². The van der Waals surface area contributed by atoms with Crippen LogP contribution in [0.4, 0.5) is 0 Å². The highest BCUT2D eigenvalue weighted by molar-refractivity contribution is 5.79. The van der Waals surface area contributed by atoms with E-state index in [1.807, 2.05) is 7.05 Å². The number of nitrogens with one attached hydrogen (secondary N) is 2. The van der Waals surface area contributed by atoms with Crippen LogP contribution in [-0.2, 0) is 0 Å². The van der Waals surface area contributed by atoms with Crippen LogP contribution in [0.5, 0.6) is 0 Å². The maximum Gasteiger partial charge on any atom is 0.190 e. The summed E-state index contributed by atoms with van der Waals surface area (Å²) in [5, 5.41) is 6.96. The molecule has 0 spiro atoms. The standard InChI is InChI=1S/C21H36N4/c1-5-25-13-10-19(11-14-25)9-12-23-21(22-4)24-16-18(3)20-8-6-7-17(2)15-20/h6-8,15,18-19H,5,9-14,16H2,1-4H3,(H2,22,23,24). The summed E-state index contributed by atoms with van der Waals surface area (Å²) in [5.74, 6) is 2.25. The Balaban J connectivity index is 1.67. The van der Waals surface area contributed by atoms with Crippen molar-refractivity contribution in [3.05, 3.63) is 35.4 Å². The number of aryl methyl sites for hydroxylation is 1. The molecule has 1 aliphatic heterocycles. The number of benzene rings is 1. The molecule has 0 saturated carbocycles. The summed E-state index contributed by atoms with van der Waals surface area (Å²) in [6.45, 7) is 12.3. The Hall–Kier alpha value is -1.55. The van der Waals surface area contributed by atoms with Gasteiger partial charge in [-0.1, -0.05) is 43.7 Å². The molecule has 0 aromatic heterocycles. The van der Waals surface area contributed by atoms with Crippen LogP contribution in [0, 0.1) is 12.8 Å². The molecule has 1 saturated heterocycles. The molecule has 0 aliphatic carbocycles. The Morgan fingerprint density at radius 3 is 2.68 bits per heavy atom. The molecular formula is C21H36N4. The largest absolute Gasteiger partial charge is 0.356 e. The molecule has 0 amide bonds. The molecule has 4 nitrogen and oxygen atoms in total. The van der Waals surface area contributed by atoms with Crippen LogP contribution in [0.2, 0.25) is 0 Å². The maximum atomic E-state index is 4.37. The molecule has 4 heteroatoms. The summed E-state index contributed by atoms with van der Waals surface area (Å²) < 4.78 is 0. The summed E-state index contributed by atoms with van der Waals surface area (Å²) in [7, 11) is 1.85. The lowest BCUT2D eigenvalue weighted by atomic mass is 9.93. The fourth-order valence-corrected chi connectivity index (χ4v) is 3.55. The van der Waals surface area contributed by atoms with E-state index in [1.54, 1.807) is 0 Å². The van der Waals surface area contributed by atoms with Crippen molar-refractivity contribution in [1.82, 2.24) is 15.5 Å². The summed E-state index contributed by atoms with van der Waals surface area (Å²) >= 11 is 0. The Labute approximate surface area is 154 Å². The Kier molecular flexibility index (Phi) is 8.26. The lowest BCUT2D eigenvalue weighted by molar-refractivity contribution is 0.187. The first-order valence-corrected chi connectivity index (χ1v) is 9.85. The highest BCUT2D eigenvalue weighted by atomic mass is 15.2. The highest BCUT2D eigenvalue weighted by Gasteiger charge is 2.17. The van der Waals surface area contributed by atoms with Crippen LogP contribution < -0.4 is 10.6 Å². The number of aliphatic imine (C=N–C) groups is 1. The van der Waals surface area contributed by atoms with Gasteiger partial charge in [0.2, 0.25) is 0 Å². The molecule has 25 heavy (non-hydrogen) atoms. The quantitative estimate of drug-likeness (QED) is 0.588. The second kappa shape index (κ2) is 10.4. The minimum atomic E-state index is 0.469. The van der Waals surface area contributed by atoms with E-state index < -0.39 is 0 Å². The van der Waals surface area contributed by atoms with Gasteiger partial charge in [0.05, 0.1) is 0 Å². The Morgan fingerprint density at radius 2 is 2.04 bits per heavy atom. The van der Waals surface area contributed by atoms with Gasteiger partial charge in [-0.2, -0.15) is 0 Å². The molecule has 0 bridgehead atoms. The molecule has 1 aromatic carbocycles. The molecule has 0 radical (unpaired) electrons. The van der Waals surface area contributed by atoms with Gasteiger partial charge in [0.1, 0.15) is 0 Å². The average molecular weight is 345 g/mol. The van der Waals surface area contributed by atoms with Gasteiger partial charge >= 0.3 is 0 Å². The molecule has 2 N–H and O–H groups in total. The van der Waals surface area contributed by atoms with Crippen LogP contribution in [0.3, 0.4) is 0 Å². The van der Waals surface area contributed by atoms with Gasteiger partial charge in [0, 0.05) is 20.1 Å². The lowest BCUT2D eigenvalue weighted by Gasteiger charge is -2.31. The van der Waals surface area contributed by atoms with Crippen molar-refractivity contribution in [2.45, 2.75) is 46.0 Å². The number of rotatable bonds is 7. The third-order valence-corrected chi connectivity index (χ3v) is 5.41. The maximum absolute atomic E-state index is 4.37. The molecule has 1 aliphatic rings. The molecule has 1 fully saturated rings. The van der Waals surface area contributed by atoms with Gasteiger partial charge < -0.3 is 15.5 Å². The zero-order chi connectivity index (χ0) is 18.1. The predicted molar refractivity (Wildman–Crippen MR) is 108 cm³/mol. The van der Waals surface area contributed by atoms with E-state index >= 15 is 0 Å². The average Bonchev–Trinajstić information content (AvgIpc) is 2.64. The monoisotopic (exact) mass is 344 g/mol. The normalized spacial score (nSPS) is 18.2. The van der Waals surface area contributed by atoms with Crippen molar-refractivity contribution in [3.63, 3.8) is 0 Å². The van der Waals surface area contributed by atoms with E-state index in [-0.39, 0.29) is 0 Å². The van der Waals surface area contributed by atoms with Gasteiger partial charge in [0.15, 0.2) is 5.96 Å². The van der Waals surface area contributed by atoms with E-state index in [0.717, 1.165) is 25.0 Å². The van der Waals surface area contributed by atoms with Crippen LogP contribution in [-0.4, -0.2) is 50.6 Å². The SMILES string of the molecule is CCN1CCC(CCNC(=NC)NCC(C)c2cccc(C)c2)CC1. The van der Waals surface area contributed by atoms with E-state index in [4.69, 9.17) is 0 Å². The van der Waals surface area contributed by atoms with Crippen molar-refractivity contribution in [2.24, 2.45) is 10.9 Å². The van der Waals surface area contributed by atoms with Gasteiger partial charge in [-0.05, 0) is 63.2 Å². The highest BCUT2D eigenvalue weighted by Crippen LogP contribution is 2.19. The fraction of sp³-hybridized carbons (Fsp3) is 0.667. The van der Waals surface area contributed by atoms with E-state index in [2.05, 4.69) is 65.6 Å². The number of guanidine groups is 1. The predicted octanol–water partition coefficient (Wildman–Crippen LogP) is 3.39. The zero-order valence-electron chi connectivity index (χ0n) is 16.5. The number of hydrogen-bond acceptors (Lipinski definition) is 2. The van der Waals surface area contributed by atoms with Gasteiger partial charge in [-0.25, -0.2) is 0 Å². The van der Waals surface area contributed by atoms with Gasteiger partial charge in [0.25, 0.3) is 0 Å². The number of hydrogen-bond donors (Lipinski definition) is 2. The van der Waals surface area contributed by atoms with Crippen molar-refractivity contribution in [1.29, 1.82) is 0 Å². The smallest absolute Gasteiger partial charge is 0.190 e. The summed E-state index contributed by atoms with van der Waals surface area (Å²) in [5.41, 5.74) is 2.70. The molecule has 1 unspecified atom stereocenters. The first-order valence-electron chi connectivity index (χ1n) is 9.85. The summed E-state index contributed by atoms with van der Waals surface area (Å²) in [6.07, 6.45) is 3.92. The molecule has 1 atom stereocenters. The summed E-state index contributed by atoms with van der Waals surface area (Å²) in [6, 6.07) is 8.76.